The summed E-state index contributed by atoms with van der Waals surface area (Å²) in [7, 11) is 0. The maximum Gasteiger partial charge on any atom is 0.346 e. The highest BCUT2D eigenvalue weighted by Crippen LogP contribution is 2.31. The van der Waals surface area contributed by atoms with Gasteiger partial charge in [0, 0.05) is 17.1 Å². The van der Waals surface area contributed by atoms with E-state index in [0.29, 0.717) is 43.1 Å². The number of para-hydroxylation sites is 1. The lowest BCUT2D eigenvalue weighted by Gasteiger charge is -2.06. The molecule has 0 aliphatic carbocycles. The molecular weight excluding hydrogens is 388 g/mol. The number of halogens is 1. The van der Waals surface area contributed by atoms with Crippen LogP contribution < -0.4 is 10.9 Å². The van der Waals surface area contributed by atoms with Crippen LogP contribution in [0.2, 0.25) is 5.02 Å². The Hall–Kier alpha value is -2.81. The smallest absolute Gasteiger partial charge is 0.346 e. The summed E-state index contributed by atoms with van der Waals surface area (Å²) in [5.41, 5.74) is 1.92. The summed E-state index contributed by atoms with van der Waals surface area (Å²) >= 11 is 7.34. The Morgan fingerprint density at radius 3 is 2.89 bits per heavy atom. The zero-order valence-corrected chi connectivity index (χ0v) is 15.6. The van der Waals surface area contributed by atoms with Crippen LogP contribution in [0.3, 0.4) is 0 Å². The zero-order valence-electron chi connectivity index (χ0n) is 14.1. The molecule has 0 unspecified atom stereocenters. The van der Waals surface area contributed by atoms with Gasteiger partial charge in [-0.05, 0) is 25.1 Å². The van der Waals surface area contributed by atoms with Crippen molar-refractivity contribution in [3.05, 3.63) is 63.2 Å². The first kappa shape index (κ1) is 17.6. The number of aromatic nitrogens is 3. The molecular formula is C18H13ClN4O3S. The number of pyridine rings is 1. The Morgan fingerprint density at radius 1 is 1.30 bits per heavy atom. The number of hydrogen-bond donors (Lipinski definition) is 2. The molecule has 7 nitrogen and oxygen atoms in total. The van der Waals surface area contributed by atoms with Gasteiger partial charge in [-0.1, -0.05) is 35.1 Å². The Kier molecular flexibility index (Phi) is 4.61. The van der Waals surface area contributed by atoms with E-state index in [-0.39, 0.29) is 12.2 Å². The molecule has 0 radical (unpaired) electrons. The number of aryl methyl sites for hydroxylation is 1. The van der Waals surface area contributed by atoms with Gasteiger partial charge in [0.15, 0.2) is 10.6 Å². The fourth-order valence-corrected chi connectivity index (χ4v) is 3.56. The van der Waals surface area contributed by atoms with Crippen LogP contribution in [0.4, 0.5) is 10.8 Å². The van der Waals surface area contributed by atoms with Crippen LogP contribution in [0.25, 0.3) is 21.5 Å². The number of aliphatic hydroxyl groups is 1. The zero-order chi connectivity index (χ0) is 19.0. The molecule has 9 heteroatoms. The van der Waals surface area contributed by atoms with E-state index in [4.69, 9.17) is 16.0 Å². The average Bonchev–Trinajstić information content (AvgIpc) is 3.12. The van der Waals surface area contributed by atoms with Crippen molar-refractivity contribution >= 4 is 44.7 Å². The first-order valence-electron chi connectivity index (χ1n) is 7.95. The Labute approximate surface area is 162 Å². The predicted octanol–water partition coefficient (Wildman–Crippen LogP) is 3.90. The number of aliphatic hydroxyl groups excluding tert-OH is 1. The highest BCUT2D eigenvalue weighted by Gasteiger charge is 2.16. The van der Waals surface area contributed by atoms with E-state index in [9.17, 15) is 9.90 Å². The van der Waals surface area contributed by atoms with Crippen molar-refractivity contribution in [1.82, 2.24) is 15.2 Å². The van der Waals surface area contributed by atoms with Crippen LogP contribution in [-0.2, 0) is 6.61 Å². The maximum atomic E-state index is 12.4. The van der Waals surface area contributed by atoms with E-state index in [1.165, 1.54) is 11.3 Å². The van der Waals surface area contributed by atoms with E-state index in [0.717, 1.165) is 0 Å². The lowest BCUT2D eigenvalue weighted by Crippen LogP contribution is -2.05. The van der Waals surface area contributed by atoms with Crippen LogP contribution in [-0.4, -0.2) is 20.3 Å². The summed E-state index contributed by atoms with van der Waals surface area (Å²) in [6, 6.07) is 8.91. The third kappa shape index (κ3) is 3.30. The van der Waals surface area contributed by atoms with E-state index >= 15 is 0 Å². The number of anilines is 2. The summed E-state index contributed by atoms with van der Waals surface area (Å²) in [6.07, 6.45) is 1.56. The van der Waals surface area contributed by atoms with Crippen LogP contribution >= 0.6 is 22.9 Å². The average molecular weight is 401 g/mol. The monoisotopic (exact) mass is 400 g/mol. The highest BCUT2D eigenvalue weighted by atomic mass is 35.5. The molecule has 2 N–H and O–H groups in total. The van der Waals surface area contributed by atoms with Crippen molar-refractivity contribution in [1.29, 1.82) is 0 Å². The molecule has 4 aromatic rings. The largest absolute Gasteiger partial charge is 0.420 e. The van der Waals surface area contributed by atoms with Crippen LogP contribution in [0.15, 0.2) is 45.7 Å². The Balaban J connectivity index is 1.77. The minimum atomic E-state index is -0.539. The molecule has 3 aromatic heterocycles. The molecule has 4 rings (SSSR count). The molecule has 0 spiro atoms. The van der Waals surface area contributed by atoms with Gasteiger partial charge in [-0.2, -0.15) is 0 Å². The molecule has 1 aromatic carbocycles. The number of nitrogens with zero attached hydrogens (tertiary/aromatic N) is 3. The first-order valence-corrected chi connectivity index (χ1v) is 9.15. The summed E-state index contributed by atoms with van der Waals surface area (Å²) in [5.74, 6) is 0. The summed E-state index contributed by atoms with van der Waals surface area (Å²) in [4.78, 5) is 16.6. The van der Waals surface area contributed by atoms with E-state index < -0.39 is 5.63 Å². The van der Waals surface area contributed by atoms with Crippen molar-refractivity contribution in [2.75, 3.05) is 5.32 Å². The molecule has 3 heterocycles. The quantitative estimate of drug-likeness (QED) is 0.535. The van der Waals surface area contributed by atoms with Crippen LogP contribution in [0.1, 0.15) is 11.3 Å². The van der Waals surface area contributed by atoms with Crippen molar-refractivity contribution in [2.45, 2.75) is 13.5 Å². The second-order valence-electron chi connectivity index (χ2n) is 5.73. The molecule has 0 aliphatic rings. The van der Waals surface area contributed by atoms with Gasteiger partial charge in [0.1, 0.15) is 0 Å². The molecule has 0 aliphatic heterocycles. The molecule has 0 bridgehead atoms. The topological polar surface area (TPSA) is 101 Å². The van der Waals surface area contributed by atoms with Crippen molar-refractivity contribution in [3.63, 3.8) is 0 Å². The normalized spacial score (nSPS) is 11.1. The maximum absolute atomic E-state index is 12.4. The van der Waals surface area contributed by atoms with Gasteiger partial charge in [0.2, 0.25) is 5.13 Å². The van der Waals surface area contributed by atoms with Crippen molar-refractivity contribution in [2.24, 2.45) is 0 Å². The molecule has 0 saturated carbocycles. The first-order chi connectivity index (χ1) is 13.1. The van der Waals surface area contributed by atoms with Gasteiger partial charge < -0.3 is 14.8 Å². The minimum Gasteiger partial charge on any atom is -0.420 e. The summed E-state index contributed by atoms with van der Waals surface area (Å²) in [5, 5.41) is 22.8. The third-order valence-electron chi connectivity index (χ3n) is 3.98. The van der Waals surface area contributed by atoms with Gasteiger partial charge in [-0.3, -0.25) is 4.98 Å². The van der Waals surface area contributed by atoms with Crippen LogP contribution in [0, 0.1) is 6.92 Å². The fraction of sp³-hybridized carbons (Fsp3) is 0.111. The van der Waals surface area contributed by atoms with Gasteiger partial charge in [0.05, 0.1) is 28.6 Å². The number of hydrogen-bond acceptors (Lipinski definition) is 8. The second kappa shape index (κ2) is 7.07. The van der Waals surface area contributed by atoms with Crippen molar-refractivity contribution in [3.8, 4) is 10.6 Å². The lowest BCUT2D eigenvalue weighted by molar-refractivity contribution is 0.282. The van der Waals surface area contributed by atoms with E-state index in [1.54, 1.807) is 25.3 Å². The molecule has 27 heavy (non-hydrogen) atoms. The fourth-order valence-electron chi connectivity index (χ4n) is 2.62. The lowest BCUT2D eigenvalue weighted by atomic mass is 10.1. The standard InChI is InChI=1S/C18H13ClN4O3S/c1-9-15-11(10(8-24)7-20-9)6-12(17(25)26-15)16-22-23-18(27-16)21-14-5-3-2-4-13(14)19/h2-7,24H,8H2,1H3,(H,21,23). The van der Waals surface area contributed by atoms with Gasteiger partial charge in [-0.15, -0.1) is 10.2 Å². The van der Waals surface area contributed by atoms with Gasteiger partial charge >= 0.3 is 5.63 Å². The molecule has 0 atom stereocenters. The van der Waals surface area contributed by atoms with Crippen molar-refractivity contribution < 1.29 is 9.52 Å². The number of benzene rings is 1. The van der Waals surface area contributed by atoms with Gasteiger partial charge in [0.25, 0.3) is 0 Å². The Morgan fingerprint density at radius 2 is 2.11 bits per heavy atom. The van der Waals surface area contributed by atoms with Gasteiger partial charge in [-0.25, -0.2) is 4.79 Å². The number of rotatable bonds is 4. The highest BCUT2D eigenvalue weighted by molar-refractivity contribution is 7.18. The SMILES string of the molecule is Cc1ncc(CO)c2cc(-c3nnc(Nc4ccccc4Cl)s3)c(=O)oc12. The molecule has 136 valence electrons. The molecule has 0 saturated heterocycles. The molecule has 0 amide bonds. The second-order valence-corrected chi connectivity index (χ2v) is 7.12. The summed E-state index contributed by atoms with van der Waals surface area (Å²) < 4.78 is 5.44. The number of nitrogens with one attached hydrogen (secondary N) is 1. The minimum absolute atomic E-state index is 0.216. The number of fused-ring (bicyclic) bond motifs is 1. The summed E-state index contributed by atoms with van der Waals surface area (Å²) in [6.45, 7) is 1.52. The third-order valence-corrected chi connectivity index (χ3v) is 5.18. The Bertz CT molecular complexity index is 1200. The van der Waals surface area contributed by atoms with E-state index in [2.05, 4.69) is 20.5 Å². The van der Waals surface area contributed by atoms with Crippen LogP contribution in [0.5, 0.6) is 0 Å². The molecule has 0 fully saturated rings. The predicted molar refractivity (Wildman–Crippen MR) is 105 cm³/mol. The van der Waals surface area contributed by atoms with E-state index in [1.807, 2.05) is 18.2 Å².